The Morgan fingerprint density at radius 3 is 2.64 bits per heavy atom. The van der Waals surface area contributed by atoms with Gasteiger partial charge in [0, 0.05) is 21.9 Å². The molecular weight excluding hydrogens is 456 g/mol. The molecule has 1 heterocycles. The zero-order chi connectivity index (χ0) is 24.2. The molecule has 178 valence electrons. The summed E-state index contributed by atoms with van der Waals surface area (Å²) in [5.74, 6) is 0.146. The molecule has 1 aliphatic carbocycles. The Balaban J connectivity index is 1.63. The van der Waals surface area contributed by atoms with Gasteiger partial charge in [0.2, 0.25) is 11.8 Å². The lowest BCUT2D eigenvalue weighted by molar-refractivity contribution is -0.118. The SMILES string of the molecule is COC(=O)c1c(NC(=O)CSc2cccc(NC(=O)CC(C)(C)C)c2)sc2c1CCC(C)C2. The second-order valence-electron chi connectivity index (χ2n) is 9.70. The lowest BCUT2D eigenvalue weighted by Crippen LogP contribution is -2.19. The number of amides is 2. The maximum absolute atomic E-state index is 12.7. The fraction of sp³-hybridized carbons (Fsp3) is 0.480. The van der Waals surface area contributed by atoms with E-state index in [-0.39, 0.29) is 23.0 Å². The number of hydrogen-bond donors (Lipinski definition) is 2. The molecule has 1 aromatic heterocycles. The van der Waals surface area contributed by atoms with Gasteiger partial charge in [-0.25, -0.2) is 4.79 Å². The molecule has 2 amide bonds. The topological polar surface area (TPSA) is 84.5 Å². The molecule has 2 aromatic rings. The van der Waals surface area contributed by atoms with Gasteiger partial charge in [-0.05, 0) is 54.4 Å². The molecule has 0 saturated carbocycles. The van der Waals surface area contributed by atoms with Crippen LogP contribution in [0.2, 0.25) is 0 Å². The minimum Gasteiger partial charge on any atom is -0.465 e. The number of ether oxygens (including phenoxy) is 1. The number of esters is 1. The van der Waals surface area contributed by atoms with Crippen LogP contribution in [0.25, 0.3) is 0 Å². The molecule has 1 aliphatic rings. The Hall–Kier alpha value is -2.32. The van der Waals surface area contributed by atoms with Crippen LogP contribution in [0.3, 0.4) is 0 Å². The van der Waals surface area contributed by atoms with Crippen molar-refractivity contribution in [2.45, 2.75) is 58.3 Å². The Morgan fingerprint density at radius 1 is 1.18 bits per heavy atom. The Bertz CT molecular complexity index is 1040. The average Bonchev–Trinajstić information content (AvgIpc) is 3.07. The second kappa shape index (κ2) is 10.7. The van der Waals surface area contributed by atoms with Gasteiger partial charge in [0.15, 0.2) is 0 Å². The quantitative estimate of drug-likeness (QED) is 0.382. The molecule has 6 nitrogen and oxygen atoms in total. The van der Waals surface area contributed by atoms with E-state index in [4.69, 9.17) is 4.74 Å². The molecular formula is C25H32N2O4S2. The number of thioether (sulfide) groups is 1. The van der Waals surface area contributed by atoms with Gasteiger partial charge in [0.05, 0.1) is 18.4 Å². The number of hydrogen-bond acceptors (Lipinski definition) is 6. The molecule has 8 heteroatoms. The Labute approximate surface area is 203 Å². The number of nitrogens with one attached hydrogen (secondary N) is 2. The molecule has 0 fully saturated rings. The summed E-state index contributed by atoms with van der Waals surface area (Å²) in [6.45, 7) is 8.27. The van der Waals surface area contributed by atoms with Crippen LogP contribution in [0.1, 0.15) is 61.3 Å². The van der Waals surface area contributed by atoms with Crippen molar-refractivity contribution in [2.75, 3.05) is 23.5 Å². The fourth-order valence-electron chi connectivity index (χ4n) is 3.82. The number of methoxy groups -OCH3 is 1. The molecule has 0 radical (unpaired) electrons. The van der Waals surface area contributed by atoms with Crippen LogP contribution in [0.5, 0.6) is 0 Å². The summed E-state index contributed by atoms with van der Waals surface area (Å²) >= 11 is 2.87. The maximum atomic E-state index is 12.7. The normalized spacial score (nSPS) is 15.5. The van der Waals surface area contributed by atoms with Crippen LogP contribution in [0.4, 0.5) is 10.7 Å². The summed E-state index contributed by atoms with van der Waals surface area (Å²) in [5.41, 5.74) is 2.15. The lowest BCUT2D eigenvalue weighted by atomic mass is 9.88. The summed E-state index contributed by atoms with van der Waals surface area (Å²) in [6, 6.07) is 7.47. The van der Waals surface area contributed by atoms with Crippen LogP contribution in [-0.2, 0) is 27.2 Å². The van der Waals surface area contributed by atoms with Crippen molar-refractivity contribution in [3.05, 3.63) is 40.3 Å². The maximum Gasteiger partial charge on any atom is 0.341 e. The summed E-state index contributed by atoms with van der Waals surface area (Å²) < 4.78 is 4.99. The first-order valence-electron chi connectivity index (χ1n) is 11.1. The van der Waals surface area contributed by atoms with Crippen LogP contribution in [0, 0.1) is 11.3 Å². The molecule has 1 aromatic carbocycles. The number of carbonyl (C=O) groups is 3. The van der Waals surface area contributed by atoms with E-state index < -0.39 is 5.97 Å². The number of rotatable bonds is 7. The summed E-state index contributed by atoms with van der Waals surface area (Å²) in [6.07, 6.45) is 3.20. The van der Waals surface area contributed by atoms with Crippen LogP contribution in [0.15, 0.2) is 29.2 Å². The van der Waals surface area contributed by atoms with Crippen molar-refractivity contribution < 1.29 is 19.1 Å². The first-order chi connectivity index (χ1) is 15.6. The minimum atomic E-state index is -0.399. The predicted molar refractivity (Wildman–Crippen MR) is 135 cm³/mol. The highest BCUT2D eigenvalue weighted by Gasteiger charge is 2.28. The van der Waals surface area contributed by atoms with E-state index in [9.17, 15) is 14.4 Å². The Kier molecular flexibility index (Phi) is 8.23. The van der Waals surface area contributed by atoms with E-state index in [1.165, 1.54) is 30.2 Å². The van der Waals surface area contributed by atoms with Crippen LogP contribution in [-0.4, -0.2) is 30.6 Å². The smallest absolute Gasteiger partial charge is 0.341 e. The van der Waals surface area contributed by atoms with Gasteiger partial charge in [-0.3, -0.25) is 9.59 Å². The van der Waals surface area contributed by atoms with E-state index in [2.05, 4.69) is 17.6 Å². The summed E-state index contributed by atoms with van der Waals surface area (Å²) in [5, 5.41) is 6.43. The number of fused-ring (bicyclic) bond motifs is 1. The second-order valence-corrected chi connectivity index (χ2v) is 11.9. The summed E-state index contributed by atoms with van der Waals surface area (Å²) in [7, 11) is 1.37. The van der Waals surface area contributed by atoms with Gasteiger partial charge in [-0.2, -0.15) is 0 Å². The number of carbonyl (C=O) groups excluding carboxylic acids is 3. The molecule has 1 atom stereocenters. The van der Waals surface area contributed by atoms with Crippen molar-refractivity contribution in [3.63, 3.8) is 0 Å². The van der Waals surface area contributed by atoms with Crippen LogP contribution >= 0.6 is 23.1 Å². The number of anilines is 2. The van der Waals surface area contributed by atoms with Crippen LogP contribution < -0.4 is 10.6 Å². The highest BCUT2D eigenvalue weighted by Crippen LogP contribution is 2.40. The van der Waals surface area contributed by atoms with Gasteiger partial charge < -0.3 is 15.4 Å². The number of benzene rings is 1. The van der Waals surface area contributed by atoms with Gasteiger partial charge in [0.1, 0.15) is 5.00 Å². The van der Waals surface area contributed by atoms with Gasteiger partial charge in [0.25, 0.3) is 0 Å². The predicted octanol–water partition coefficient (Wildman–Crippen LogP) is 5.77. The molecule has 0 aliphatic heterocycles. The van der Waals surface area contributed by atoms with Crippen molar-refractivity contribution in [1.29, 1.82) is 0 Å². The van der Waals surface area contributed by atoms with Gasteiger partial charge >= 0.3 is 5.97 Å². The fourth-order valence-corrected chi connectivity index (χ4v) is 5.99. The first-order valence-corrected chi connectivity index (χ1v) is 12.9. The van der Waals surface area contributed by atoms with Crippen molar-refractivity contribution >= 4 is 51.6 Å². The van der Waals surface area contributed by atoms with E-state index in [1.807, 2.05) is 45.0 Å². The first kappa shape index (κ1) is 25.3. The molecule has 0 spiro atoms. The molecule has 2 N–H and O–H groups in total. The molecule has 33 heavy (non-hydrogen) atoms. The highest BCUT2D eigenvalue weighted by atomic mass is 32.2. The van der Waals surface area contributed by atoms with E-state index in [0.29, 0.717) is 28.6 Å². The minimum absolute atomic E-state index is 0.0336. The molecule has 0 bridgehead atoms. The standard InChI is InChI=1S/C25H32N2O4S2/c1-15-9-10-18-19(11-15)33-23(22(18)24(30)31-5)27-21(29)14-32-17-8-6-7-16(12-17)26-20(28)13-25(2,3)4/h6-8,12,15H,9-11,13-14H2,1-5H3,(H,26,28)(H,27,29). The monoisotopic (exact) mass is 488 g/mol. The average molecular weight is 489 g/mol. The van der Waals surface area contributed by atoms with E-state index in [1.54, 1.807) is 0 Å². The molecule has 0 saturated heterocycles. The van der Waals surface area contributed by atoms with Crippen molar-refractivity contribution in [2.24, 2.45) is 11.3 Å². The molecule has 3 rings (SSSR count). The van der Waals surface area contributed by atoms with Gasteiger partial charge in [-0.1, -0.05) is 33.8 Å². The van der Waals surface area contributed by atoms with Gasteiger partial charge in [-0.15, -0.1) is 23.1 Å². The van der Waals surface area contributed by atoms with E-state index in [0.717, 1.165) is 34.6 Å². The Morgan fingerprint density at radius 2 is 1.94 bits per heavy atom. The summed E-state index contributed by atoms with van der Waals surface area (Å²) in [4.78, 5) is 39.4. The third kappa shape index (κ3) is 7.08. The lowest BCUT2D eigenvalue weighted by Gasteiger charge is -2.18. The number of thiophene rings is 1. The van der Waals surface area contributed by atoms with Crippen molar-refractivity contribution in [3.8, 4) is 0 Å². The third-order valence-electron chi connectivity index (χ3n) is 5.33. The molecule has 1 unspecified atom stereocenters. The zero-order valence-electron chi connectivity index (χ0n) is 19.9. The van der Waals surface area contributed by atoms with E-state index >= 15 is 0 Å². The zero-order valence-corrected chi connectivity index (χ0v) is 21.5. The van der Waals surface area contributed by atoms with Crippen molar-refractivity contribution in [1.82, 2.24) is 0 Å². The third-order valence-corrected chi connectivity index (χ3v) is 7.50. The largest absolute Gasteiger partial charge is 0.465 e. The highest BCUT2D eigenvalue weighted by molar-refractivity contribution is 8.00.